The molecule has 1 aromatic rings. The first-order chi connectivity index (χ1) is 7.02. The van der Waals surface area contributed by atoms with Gasteiger partial charge in [-0.3, -0.25) is 4.79 Å². The molecule has 2 atom stereocenters. The molecular weight excluding hydrogens is 190 g/mol. The van der Waals surface area contributed by atoms with Crippen molar-refractivity contribution < 1.29 is 9.90 Å². The van der Waals surface area contributed by atoms with Crippen LogP contribution in [0.3, 0.4) is 0 Å². The maximum absolute atomic E-state index is 10.9. The Labute approximate surface area is 89.9 Å². The second-order valence-corrected chi connectivity index (χ2v) is 3.91. The lowest BCUT2D eigenvalue weighted by Gasteiger charge is -2.16. The Hall–Kier alpha value is -1.35. The van der Waals surface area contributed by atoms with Crippen LogP contribution in [-0.4, -0.2) is 11.0 Å². The van der Waals surface area contributed by atoms with E-state index in [1.807, 2.05) is 31.2 Å². The van der Waals surface area contributed by atoms with E-state index in [0.717, 1.165) is 11.1 Å². The van der Waals surface area contributed by atoms with Gasteiger partial charge in [0, 0.05) is 5.92 Å². The molecule has 1 rings (SSSR count). The fourth-order valence-corrected chi connectivity index (χ4v) is 1.54. The van der Waals surface area contributed by atoms with Crippen LogP contribution in [0.5, 0.6) is 0 Å². The van der Waals surface area contributed by atoms with Gasteiger partial charge in [-0.25, -0.2) is 0 Å². The van der Waals surface area contributed by atoms with Gasteiger partial charge in [-0.1, -0.05) is 31.2 Å². The Kier molecular flexibility index (Phi) is 3.86. The summed E-state index contributed by atoms with van der Waals surface area (Å²) in [4.78, 5) is 10.9. The SMILES string of the molecule is Cc1ccccc1C(O)CC(C)C(N)=O. The fraction of sp³-hybridized carbons (Fsp3) is 0.417. The Morgan fingerprint density at radius 2 is 2.07 bits per heavy atom. The number of rotatable bonds is 4. The van der Waals surface area contributed by atoms with Crippen LogP contribution >= 0.6 is 0 Å². The van der Waals surface area contributed by atoms with Crippen LogP contribution in [0.15, 0.2) is 24.3 Å². The van der Waals surface area contributed by atoms with E-state index < -0.39 is 6.10 Å². The Morgan fingerprint density at radius 1 is 1.47 bits per heavy atom. The van der Waals surface area contributed by atoms with Crippen molar-refractivity contribution >= 4 is 5.91 Å². The summed E-state index contributed by atoms with van der Waals surface area (Å²) >= 11 is 0. The molecular formula is C12H17NO2. The predicted molar refractivity (Wildman–Crippen MR) is 59.1 cm³/mol. The average molecular weight is 207 g/mol. The van der Waals surface area contributed by atoms with Crippen molar-refractivity contribution in [2.45, 2.75) is 26.4 Å². The van der Waals surface area contributed by atoms with Gasteiger partial charge < -0.3 is 10.8 Å². The molecule has 3 N–H and O–H groups in total. The number of amides is 1. The van der Waals surface area contributed by atoms with Crippen molar-refractivity contribution in [1.29, 1.82) is 0 Å². The minimum atomic E-state index is -0.617. The molecule has 0 aliphatic carbocycles. The highest BCUT2D eigenvalue weighted by Crippen LogP contribution is 2.23. The highest BCUT2D eigenvalue weighted by Gasteiger charge is 2.17. The lowest BCUT2D eigenvalue weighted by Crippen LogP contribution is -2.22. The highest BCUT2D eigenvalue weighted by atomic mass is 16.3. The van der Waals surface area contributed by atoms with Gasteiger partial charge >= 0.3 is 0 Å². The van der Waals surface area contributed by atoms with Crippen LogP contribution in [0.4, 0.5) is 0 Å². The number of hydrogen-bond acceptors (Lipinski definition) is 2. The molecule has 1 aromatic carbocycles. The lowest BCUT2D eigenvalue weighted by molar-refractivity contribution is -0.122. The molecule has 0 fully saturated rings. The summed E-state index contributed by atoms with van der Waals surface area (Å²) < 4.78 is 0. The molecule has 0 spiro atoms. The van der Waals surface area contributed by atoms with Crippen molar-refractivity contribution in [1.82, 2.24) is 0 Å². The topological polar surface area (TPSA) is 63.3 Å². The number of aryl methyl sites for hydroxylation is 1. The first-order valence-electron chi connectivity index (χ1n) is 5.05. The van der Waals surface area contributed by atoms with Crippen molar-refractivity contribution in [3.8, 4) is 0 Å². The molecule has 0 radical (unpaired) electrons. The zero-order valence-corrected chi connectivity index (χ0v) is 9.10. The fourth-order valence-electron chi connectivity index (χ4n) is 1.54. The summed E-state index contributed by atoms with van der Waals surface area (Å²) in [5, 5.41) is 9.91. The molecule has 82 valence electrons. The molecule has 0 aromatic heterocycles. The molecule has 0 saturated carbocycles. The predicted octanol–water partition coefficient (Wildman–Crippen LogP) is 1.54. The molecule has 3 nitrogen and oxygen atoms in total. The third-order valence-electron chi connectivity index (χ3n) is 2.61. The Bertz CT molecular complexity index is 349. The number of carbonyl (C=O) groups is 1. The third kappa shape index (κ3) is 3.06. The first kappa shape index (κ1) is 11.7. The van der Waals surface area contributed by atoms with Gasteiger partial charge in [-0.05, 0) is 24.5 Å². The number of primary amides is 1. The van der Waals surface area contributed by atoms with Gasteiger partial charge in [0.25, 0.3) is 0 Å². The zero-order valence-electron chi connectivity index (χ0n) is 9.10. The third-order valence-corrected chi connectivity index (χ3v) is 2.61. The summed E-state index contributed by atoms with van der Waals surface area (Å²) in [5.41, 5.74) is 7.05. The molecule has 0 saturated heterocycles. The van der Waals surface area contributed by atoms with E-state index in [9.17, 15) is 9.90 Å². The number of aliphatic hydroxyl groups excluding tert-OH is 1. The summed E-state index contributed by atoms with van der Waals surface area (Å²) in [6.07, 6.45) is -0.242. The molecule has 0 aliphatic rings. The van der Waals surface area contributed by atoms with Gasteiger partial charge in [0.2, 0.25) is 5.91 Å². The molecule has 3 heteroatoms. The minimum absolute atomic E-state index is 0.306. The van der Waals surface area contributed by atoms with Gasteiger partial charge in [0.05, 0.1) is 6.10 Å². The summed E-state index contributed by atoms with van der Waals surface area (Å²) in [7, 11) is 0. The quantitative estimate of drug-likeness (QED) is 0.786. The summed E-state index contributed by atoms with van der Waals surface area (Å²) in [5.74, 6) is -0.678. The number of hydrogen-bond donors (Lipinski definition) is 2. The van der Waals surface area contributed by atoms with Crippen molar-refractivity contribution in [3.05, 3.63) is 35.4 Å². The van der Waals surface area contributed by atoms with Crippen LogP contribution in [0.1, 0.15) is 30.6 Å². The lowest BCUT2D eigenvalue weighted by atomic mass is 9.95. The van der Waals surface area contributed by atoms with Crippen LogP contribution in [0.2, 0.25) is 0 Å². The van der Waals surface area contributed by atoms with E-state index in [4.69, 9.17) is 5.73 Å². The van der Waals surface area contributed by atoms with Crippen LogP contribution in [-0.2, 0) is 4.79 Å². The molecule has 0 aliphatic heterocycles. The van der Waals surface area contributed by atoms with Crippen molar-refractivity contribution in [3.63, 3.8) is 0 Å². The molecule has 1 amide bonds. The van der Waals surface area contributed by atoms with Crippen LogP contribution < -0.4 is 5.73 Å². The minimum Gasteiger partial charge on any atom is -0.388 e. The average Bonchev–Trinajstić information content (AvgIpc) is 2.18. The number of benzene rings is 1. The van der Waals surface area contributed by atoms with Gasteiger partial charge in [-0.2, -0.15) is 0 Å². The molecule has 15 heavy (non-hydrogen) atoms. The second kappa shape index (κ2) is 4.94. The summed E-state index contributed by atoms with van der Waals surface area (Å²) in [6.45, 7) is 3.66. The number of carbonyl (C=O) groups excluding carboxylic acids is 1. The highest BCUT2D eigenvalue weighted by molar-refractivity contribution is 5.76. The molecule has 2 unspecified atom stereocenters. The Morgan fingerprint density at radius 3 is 2.60 bits per heavy atom. The summed E-state index contributed by atoms with van der Waals surface area (Å²) in [6, 6.07) is 7.60. The maximum Gasteiger partial charge on any atom is 0.220 e. The monoisotopic (exact) mass is 207 g/mol. The van der Waals surface area contributed by atoms with Crippen LogP contribution in [0.25, 0.3) is 0 Å². The normalized spacial score (nSPS) is 14.6. The first-order valence-corrected chi connectivity index (χ1v) is 5.05. The van der Waals surface area contributed by atoms with Gasteiger partial charge in [0.15, 0.2) is 0 Å². The number of nitrogens with two attached hydrogens (primary N) is 1. The largest absolute Gasteiger partial charge is 0.388 e. The Balaban J connectivity index is 2.73. The molecule has 0 bridgehead atoms. The van der Waals surface area contributed by atoms with E-state index in [1.54, 1.807) is 6.92 Å². The smallest absolute Gasteiger partial charge is 0.220 e. The van der Waals surface area contributed by atoms with E-state index in [-0.39, 0.29) is 11.8 Å². The van der Waals surface area contributed by atoms with E-state index >= 15 is 0 Å². The van der Waals surface area contributed by atoms with Crippen molar-refractivity contribution in [2.24, 2.45) is 11.7 Å². The second-order valence-electron chi connectivity index (χ2n) is 3.91. The van der Waals surface area contributed by atoms with Crippen molar-refractivity contribution in [2.75, 3.05) is 0 Å². The van der Waals surface area contributed by atoms with E-state index in [1.165, 1.54) is 0 Å². The standard InChI is InChI=1S/C12H17NO2/c1-8-5-3-4-6-10(8)11(14)7-9(2)12(13)15/h3-6,9,11,14H,7H2,1-2H3,(H2,13,15). The van der Waals surface area contributed by atoms with E-state index in [2.05, 4.69) is 0 Å². The van der Waals surface area contributed by atoms with Gasteiger partial charge in [0.1, 0.15) is 0 Å². The zero-order chi connectivity index (χ0) is 11.4. The maximum atomic E-state index is 10.9. The number of aliphatic hydroxyl groups is 1. The van der Waals surface area contributed by atoms with Gasteiger partial charge in [-0.15, -0.1) is 0 Å². The molecule has 0 heterocycles. The van der Waals surface area contributed by atoms with E-state index in [0.29, 0.717) is 6.42 Å². The van der Waals surface area contributed by atoms with Crippen LogP contribution in [0, 0.1) is 12.8 Å².